The summed E-state index contributed by atoms with van der Waals surface area (Å²) < 4.78 is 39.5. The molecule has 1 amide bonds. The SMILES string of the molecule is CC(C)Nc1nc(C(F)(F)F)ccc1C=CC(=O)NCc1ccc(NC(c2ccccc2)(c2ccccc2)c2ccccc2)cc1. The summed E-state index contributed by atoms with van der Waals surface area (Å²) >= 11 is 0. The second-order valence-corrected chi connectivity index (χ2v) is 11.2. The van der Waals surface area contributed by atoms with Gasteiger partial charge in [-0.25, -0.2) is 4.98 Å². The van der Waals surface area contributed by atoms with Crippen LogP contribution < -0.4 is 16.0 Å². The van der Waals surface area contributed by atoms with Crippen LogP contribution in [0.1, 0.15) is 47.4 Å². The van der Waals surface area contributed by atoms with Gasteiger partial charge in [-0.2, -0.15) is 13.2 Å². The molecule has 5 aromatic rings. The fourth-order valence-corrected chi connectivity index (χ4v) is 5.27. The zero-order chi connectivity index (χ0) is 32.6. The molecule has 0 unspecified atom stereocenters. The standard InChI is InChI=1S/C38H35F3N4O/c1-27(2)43-36-29(20-24-34(44-36)38(39,40)41)21-25-35(46)42-26-28-18-22-33(23-19-28)45-37(30-12-6-3-7-13-30,31-14-8-4-9-15-31)32-16-10-5-11-17-32/h3-25,27,45H,26H2,1-2H3,(H,42,46)(H,43,44). The molecule has 0 aliphatic rings. The van der Waals surface area contributed by atoms with Gasteiger partial charge in [0, 0.05) is 29.9 Å². The number of carbonyl (C=O) groups is 1. The van der Waals surface area contributed by atoms with Gasteiger partial charge < -0.3 is 16.0 Å². The van der Waals surface area contributed by atoms with Gasteiger partial charge in [0.2, 0.25) is 5.91 Å². The zero-order valence-corrected chi connectivity index (χ0v) is 25.6. The number of benzene rings is 4. The minimum absolute atomic E-state index is 0.0644. The van der Waals surface area contributed by atoms with Gasteiger partial charge in [-0.3, -0.25) is 4.79 Å². The number of hydrogen-bond acceptors (Lipinski definition) is 4. The van der Waals surface area contributed by atoms with Crippen LogP contribution in [0.2, 0.25) is 0 Å². The number of rotatable bonds is 11. The van der Waals surface area contributed by atoms with E-state index in [1.165, 1.54) is 18.2 Å². The lowest BCUT2D eigenvalue weighted by Crippen LogP contribution is -2.38. The molecule has 0 saturated carbocycles. The summed E-state index contributed by atoms with van der Waals surface area (Å²) in [4.78, 5) is 16.4. The molecule has 5 nitrogen and oxygen atoms in total. The lowest BCUT2D eigenvalue weighted by atomic mass is 9.77. The van der Waals surface area contributed by atoms with Crippen molar-refractivity contribution in [2.45, 2.75) is 38.1 Å². The molecule has 0 atom stereocenters. The Bertz CT molecular complexity index is 1660. The van der Waals surface area contributed by atoms with Crippen LogP contribution in [0.3, 0.4) is 0 Å². The second kappa shape index (κ2) is 14.2. The van der Waals surface area contributed by atoms with Gasteiger partial charge >= 0.3 is 6.18 Å². The van der Waals surface area contributed by atoms with Gasteiger partial charge in [0.15, 0.2) is 0 Å². The van der Waals surface area contributed by atoms with E-state index in [1.807, 2.05) is 78.9 Å². The Kier molecular flexibility index (Phi) is 9.86. The first-order valence-electron chi connectivity index (χ1n) is 15.0. The van der Waals surface area contributed by atoms with Crippen LogP contribution in [-0.4, -0.2) is 16.9 Å². The molecule has 1 aromatic heterocycles. The van der Waals surface area contributed by atoms with Gasteiger partial charge in [-0.15, -0.1) is 0 Å². The number of hydrogen-bond donors (Lipinski definition) is 3. The fourth-order valence-electron chi connectivity index (χ4n) is 5.27. The van der Waals surface area contributed by atoms with Crippen molar-refractivity contribution in [2.75, 3.05) is 10.6 Å². The van der Waals surface area contributed by atoms with Gasteiger partial charge in [0.1, 0.15) is 17.1 Å². The molecule has 3 N–H and O–H groups in total. The van der Waals surface area contributed by atoms with Crippen molar-refractivity contribution in [3.05, 3.63) is 167 Å². The van der Waals surface area contributed by atoms with E-state index < -0.39 is 17.4 Å². The molecule has 8 heteroatoms. The molecule has 46 heavy (non-hydrogen) atoms. The number of nitrogens with zero attached hydrogens (tertiary/aromatic N) is 1. The number of amides is 1. The maximum Gasteiger partial charge on any atom is 0.433 e. The molecule has 1 heterocycles. The largest absolute Gasteiger partial charge is 0.433 e. The second-order valence-electron chi connectivity index (χ2n) is 11.2. The highest BCUT2D eigenvalue weighted by molar-refractivity contribution is 5.92. The monoisotopic (exact) mass is 620 g/mol. The molecule has 0 spiro atoms. The Morgan fingerprint density at radius 1 is 0.739 bits per heavy atom. The first-order valence-corrected chi connectivity index (χ1v) is 15.0. The van der Waals surface area contributed by atoms with Crippen molar-refractivity contribution in [2.24, 2.45) is 0 Å². The zero-order valence-electron chi connectivity index (χ0n) is 25.6. The van der Waals surface area contributed by atoms with E-state index in [-0.39, 0.29) is 24.3 Å². The predicted octanol–water partition coefficient (Wildman–Crippen LogP) is 8.65. The number of pyridine rings is 1. The summed E-state index contributed by atoms with van der Waals surface area (Å²) in [5, 5.41) is 9.59. The molecule has 0 radical (unpaired) electrons. The summed E-state index contributed by atoms with van der Waals surface area (Å²) in [6.45, 7) is 3.87. The summed E-state index contributed by atoms with van der Waals surface area (Å²) in [5.74, 6) is -0.316. The Morgan fingerprint density at radius 3 is 1.74 bits per heavy atom. The molecular weight excluding hydrogens is 585 g/mol. The van der Waals surface area contributed by atoms with Gasteiger partial charge in [-0.1, -0.05) is 103 Å². The van der Waals surface area contributed by atoms with Crippen LogP contribution in [0.15, 0.2) is 133 Å². The number of anilines is 2. The molecule has 4 aromatic carbocycles. The fraction of sp³-hybridized carbons (Fsp3) is 0.158. The molecule has 5 rings (SSSR count). The molecule has 0 saturated heterocycles. The average Bonchev–Trinajstić information content (AvgIpc) is 3.06. The third kappa shape index (κ3) is 7.64. The van der Waals surface area contributed by atoms with Crippen LogP contribution in [0.5, 0.6) is 0 Å². The number of alkyl halides is 3. The van der Waals surface area contributed by atoms with Crippen molar-refractivity contribution < 1.29 is 18.0 Å². The van der Waals surface area contributed by atoms with Crippen LogP contribution in [0, 0.1) is 0 Å². The number of nitrogens with one attached hydrogen (secondary N) is 3. The highest BCUT2D eigenvalue weighted by Gasteiger charge is 2.36. The third-order valence-electron chi connectivity index (χ3n) is 7.43. The average molecular weight is 621 g/mol. The van der Waals surface area contributed by atoms with Crippen molar-refractivity contribution >= 4 is 23.5 Å². The van der Waals surface area contributed by atoms with Gasteiger partial charge in [0.25, 0.3) is 0 Å². The normalized spacial score (nSPS) is 11.9. The smallest absolute Gasteiger partial charge is 0.368 e. The number of carbonyl (C=O) groups excluding carboxylic acids is 1. The highest BCUT2D eigenvalue weighted by atomic mass is 19.4. The quantitative estimate of drug-likeness (QED) is 0.102. The Morgan fingerprint density at radius 2 is 1.26 bits per heavy atom. The molecule has 0 fully saturated rings. The molecule has 0 bridgehead atoms. The first kappa shape index (κ1) is 32.0. The lowest BCUT2D eigenvalue weighted by molar-refractivity contribution is -0.141. The van der Waals surface area contributed by atoms with E-state index in [0.717, 1.165) is 34.0 Å². The van der Waals surface area contributed by atoms with E-state index in [0.29, 0.717) is 5.56 Å². The van der Waals surface area contributed by atoms with Crippen molar-refractivity contribution in [3.63, 3.8) is 0 Å². The first-order chi connectivity index (χ1) is 22.1. The maximum atomic E-state index is 13.2. The van der Waals surface area contributed by atoms with Crippen LogP contribution in [0.25, 0.3) is 6.08 Å². The maximum absolute atomic E-state index is 13.2. The number of halogens is 3. The van der Waals surface area contributed by atoms with Crippen LogP contribution >= 0.6 is 0 Å². The lowest BCUT2D eigenvalue weighted by Gasteiger charge is -2.38. The van der Waals surface area contributed by atoms with E-state index in [4.69, 9.17) is 0 Å². The number of aromatic nitrogens is 1. The van der Waals surface area contributed by atoms with E-state index in [2.05, 4.69) is 57.3 Å². The summed E-state index contributed by atoms with van der Waals surface area (Å²) in [5.41, 5.74) is 3.76. The van der Waals surface area contributed by atoms with E-state index in [1.54, 1.807) is 13.8 Å². The molecule has 0 aliphatic heterocycles. The summed E-state index contributed by atoms with van der Waals surface area (Å²) in [7, 11) is 0. The van der Waals surface area contributed by atoms with Gasteiger partial charge in [0.05, 0.1) is 0 Å². The molecule has 234 valence electrons. The van der Waals surface area contributed by atoms with Gasteiger partial charge in [-0.05, 0) is 66.4 Å². The minimum atomic E-state index is -4.57. The topological polar surface area (TPSA) is 66.0 Å². The van der Waals surface area contributed by atoms with Crippen molar-refractivity contribution in [1.29, 1.82) is 0 Å². The summed E-state index contributed by atoms with van der Waals surface area (Å²) in [6.07, 6.45) is -1.82. The van der Waals surface area contributed by atoms with E-state index >= 15 is 0 Å². The Hall–Kier alpha value is -5.37. The molecular formula is C38H35F3N4O. The van der Waals surface area contributed by atoms with Crippen molar-refractivity contribution in [3.8, 4) is 0 Å². The van der Waals surface area contributed by atoms with E-state index in [9.17, 15) is 18.0 Å². The summed E-state index contributed by atoms with van der Waals surface area (Å²) in [6, 6.07) is 40.9. The molecule has 0 aliphatic carbocycles. The Labute approximate surface area is 267 Å². The van der Waals surface area contributed by atoms with Crippen LogP contribution in [0.4, 0.5) is 24.7 Å². The predicted molar refractivity (Wildman–Crippen MR) is 178 cm³/mol. The highest BCUT2D eigenvalue weighted by Crippen LogP contribution is 2.40. The van der Waals surface area contributed by atoms with Crippen LogP contribution in [-0.2, 0) is 23.1 Å². The minimum Gasteiger partial charge on any atom is -0.368 e. The Balaban J connectivity index is 1.33. The van der Waals surface area contributed by atoms with Crippen molar-refractivity contribution in [1.82, 2.24) is 10.3 Å². The third-order valence-corrected chi connectivity index (χ3v) is 7.43.